The van der Waals surface area contributed by atoms with Crippen LogP contribution >= 0.6 is 11.3 Å². The molecule has 7 nitrogen and oxygen atoms in total. The molecule has 1 atom stereocenters. The standard InChI is InChI=1S/C24H27N3O4S2/c1-31-20-11-9-19(10-12-20)26-33(29,30)21-7-4-6-18(16-21)24(28)25-17-22(23-8-5-15-32-23)27-13-2-3-14-27/h4-12,15-16,22,26H,2-3,13-14,17H2,1H3,(H,25,28). The predicted octanol–water partition coefficient (Wildman–Crippen LogP) is 4.12. The zero-order valence-corrected chi connectivity index (χ0v) is 20.0. The average molecular weight is 486 g/mol. The second-order valence-corrected chi connectivity index (χ2v) is 10.5. The van der Waals surface area contributed by atoms with Crippen LogP contribution in [0, 0.1) is 0 Å². The fourth-order valence-electron chi connectivity index (χ4n) is 3.91. The number of thiophene rings is 1. The smallest absolute Gasteiger partial charge is 0.261 e. The molecular weight excluding hydrogens is 458 g/mol. The van der Waals surface area contributed by atoms with E-state index in [4.69, 9.17) is 4.74 Å². The molecule has 1 unspecified atom stereocenters. The second kappa shape index (κ2) is 10.4. The molecule has 9 heteroatoms. The van der Waals surface area contributed by atoms with Crippen molar-refractivity contribution in [1.29, 1.82) is 0 Å². The second-order valence-electron chi connectivity index (χ2n) is 7.85. The Balaban J connectivity index is 1.45. The molecule has 0 spiro atoms. The van der Waals surface area contributed by atoms with Crippen molar-refractivity contribution in [2.24, 2.45) is 0 Å². The van der Waals surface area contributed by atoms with Gasteiger partial charge in [0.2, 0.25) is 0 Å². The zero-order valence-electron chi connectivity index (χ0n) is 18.4. The highest BCUT2D eigenvalue weighted by Crippen LogP contribution is 2.28. The van der Waals surface area contributed by atoms with E-state index in [2.05, 4.69) is 21.0 Å². The summed E-state index contributed by atoms with van der Waals surface area (Å²) in [6.45, 7) is 2.51. The number of nitrogens with one attached hydrogen (secondary N) is 2. The van der Waals surface area contributed by atoms with Crippen LogP contribution in [0.2, 0.25) is 0 Å². The van der Waals surface area contributed by atoms with E-state index in [1.54, 1.807) is 54.8 Å². The van der Waals surface area contributed by atoms with Crippen molar-refractivity contribution in [3.8, 4) is 5.75 Å². The SMILES string of the molecule is COc1ccc(NS(=O)(=O)c2cccc(C(=O)NCC(c3cccs3)N3CCCC3)c2)cc1. The number of sulfonamides is 1. The van der Waals surface area contributed by atoms with Crippen molar-refractivity contribution in [3.63, 3.8) is 0 Å². The first kappa shape index (κ1) is 23.3. The number of hydrogen-bond donors (Lipinski definition) is 2. The Kier molecular flexibility index (Phi) is 7.32. The number of hydrogen-bond acceptors (Lipinski definition) is 6. The molecule has 0 bridgehead atoms. The minimum atomic E-state index is -3.85. The van der Waals surface area contributed by atoms with Crippen molar-refractivity contribution in [2.45, 2.75) is 23.8 Å². The topological polar surface area (TPSA) is 87.7 Å². The van der Waals surface area contributed by atoms with Gasteiger partial charge in [-0.05, 0) is 79.8 Å². The third kappa shape index (κ3) is 5.73. The van der Waals surface area contributed by atoms with E-state index in [-0.39, 0.29) is 16.8 Å². The maximum Gasteiger partial charge on any atom is 0.261 e. The Bertz CT molecular complexity index is 1170. The number of carbonyl (C=O) groups excluding carboxylic acids is 1. The lowest BCUT2D eigenvalue weighted by Gasteiger charge is -2.27. The van der Waals surface area contributed by atoms with E-state index < -0.39 is 10.0 Å². The zero-order chi connectivity index (χ0) is 23.3. The normalized spacial score (nSPS) is 15.2. The third-order valence-corrected chi connectivity index (χ3v) is 8.01. The van der Waals surface area contributed by atoms with Gasteiger partial charge in [-0.2, -0.15) is 0 Å². The lowest BCUT2D eigenvalue weighted by molar-refractivity contribution is 0.0938. The molecule has 4 rings (SSSR count). The monoisotopic (exact) mass is 485 g/mol. The summed E-state index contributed by atoms with van der Waals surface area (Å²) in [6.07, 6.45) is 2.33. The van der Waals surface area contributed by atoms with Gasteiger partial charge in [0.1, 0.15) is 5.75 Å². The van der Waals surface area contributed by atoms with Crippen LogP contribution in [0.3, 0.4) is 0 Å². The van der Waals surface area contributed by atoms with Gasteiger partial charge in [0.05, 0.1) is 18.0 Å². The maximum absolute atomic E-state index is 12.9. The lowest BCUT2D eigenvalue weighted by atomic mass is 10.2. The Hall–Kier alpha value is -2.88. The van der Waals surface area contributed by atoms with Gasteiger partial charge in [0, 0.05) is 22.7 Å². The average Bonchev–Trinajstić information content (AvgIpc) is 3.55. The Morgan fingerprint density at radius 2 is 1.85 bits per heavy atom. The third-order valence-electron chi connectivity index (χ3n) is 5.66. The summed E-state index contributed by atoms with van der Waals surface area (Å²) in [5.41, 5.74) is 0.717. The lowest BCUT2D eigenvalue weighted by Crippen LogP contribution is -2.36. The molecule has 1 saturated heterocycles. The summed E-state index contributed by atoms with van der Waals surface area (Å²) >= 11 is 1.69. The van der Waals surface area contributed by atoms with Crippen molar-refractivity contribution in [3.05, 3.63) is 76.5 Å². The van der Waals surface area contributed by atoms with Gasteiger partial charge in [-0.1, -0.05) is 12.1 Å². The Morgan fingerprint density at radius 3 is 2.52 bits per heavy atom. The molecule has 1 aromatic heterocycles. The van der Waals surface area contributed by atoms with Crippen LogP contribution in [-0.2, 0) is 10.0 Å². The fourth-order valence-corrected chi connectivity index (χ4v) is 5.88. The number of nitrogens with zero attached hydrogens (tertiary/aromatic N) is 1. The molecule has 1 amide bonds. The molecule has 0 radical (unpaired) electrons. The summed E-state index contributed by atoms with van der Waals surface area (Å²) in [7, 11) is -2.30. The number of carbonyl (C=O) groups is 1. The maximum atomic E-state index is 12.9. The number of anilines is 1. The van der Waals surface area contributed by atoms with Crippen LogP contribution < -0.4 is 14.8 Å². The first-order valence-corrected chi connectivity index (χ1v) is 13.1. The van der Waals surface area contributed by atoms with Gasteiger partial charge in [-0.3, -0.25) is 14.4 Å². The van der Waals surface area contributed by atoms with Crippen LogP contribution in [-0.4, -0.2) is 46.0 Å². The van der Waals surface area contributed by atoms with E-state index in [0.29, 0.717) is 23.5 Å². The van der Waals surface area contributed by atoms with Crippen molar-refractivity contribution in [2.75, 3.05) is 31.5 Å². The van der Waals surface area contributed by atoms with Gasteiger partial charge in [-0.15, -0.1) is 11.3 Å². The Labute approximate surface area is 198 Å². The fraction of sp³-hybridized carbons (Fsp3) is 0.292. The van der Waals surface area contributed by atoms with Crippen molar-refractivity contribution < 1.29 is 17.9 Å². The number of methoxy groups -OCH3 is 1. The van der Waals surface area contributed by atoms with Gasteiger partial charge in [-0.25, -0.2) is 8.42 Å². The van der Waals surface area contributed by atoms with Crippen molar-refractivity contribution >= 4 is 33.0 Å². The van der Waals surface area contributed by atoms with Crippen LogP contribution in [0.5, 0.6) is 5.75 Å². The number of amides is 1. The van der Waals surface area contributed by atoms with E-state index >= 15 is 0 Å². The Morgan fingerprint density at radius 1 is 1.09 bits per heavy atom. The molecule has 1 aliphatic rings. The van der Waals surface area contributed by atoms with E-state index in [1.165, 1.54) is 17.0 Å². The van der Waals surface area contributed by atoms with Gasteiger partial charge in [0.15, 0.2) is 0 Å². The molecule has 1 aliphatic heterocycles. The van der Waals surface area contributed by atoms with Gasteiger partial charge >= 0.3 is 0 Å². The van der Waals surface area contributed by atoms with Crippen LogP contribution in [0.25, 0.3) is 0 Å². The van der Waals surface area contributed by atoms with Gasteiger partial charge < -0.3 is 10.1 Å². The first-order chi connectivity index (χ1) is 16.0. The van der Waals surface area contributed by atoms with E-state index in [9.17, 15) is 13.2 Å². The molecule has 3 aromatic rings. The molecule has 0 saturated carbocycles. The highest BCUT2D eigenvalue weighted by atomic mass is 32.2. The van der Waals surface area contributed by atoms with Gasteiger partial charge in [0.25, 0.3) is 15.9 Å². The summed E-state index contributed by atoms with van der Waals surface area (Å²) < 4.78 is 33.3. The first-order valence-electron chi connectivity index (χ1n) is 10.8. The summed E-state index contributed by atoms with van der Waals surface area (Å²) in [5.74, 6) is 0.337. The summed E-state index contributed by atoms with van der Waals surface area (Å²) in [5, 5.41) is 5.05. The van der Waals surface area contributed by atoms with Crippen LogP contribution in [0.1, 0.15) is 34.1 Å². The predicted molar refractivity (Wildman–Crippen MR) is 130 cm³/mol. The molecule has 33 heavy (non-hydrogen) atoms. The molecule has 2 aromatic carbocycles. The number of rotatable bonds is 9. The molecule has 1 fully saturated rings. The highest BCUT2D eigenvalue weighted by Gasteiger charge is 2.25. The van der Waals surface area contributed by atoms with E-state index in [1.807, 2.05) is 11.4 Å². The quantitative estimate of drug-likeness (QED) is 0.476. The largest absolute Gasteiger partial charge is 0.497 e. The van der Waals surface area contributed by atoms with Crippen LogP contribution in [0.4, 0.5) is 5.69 Å². The molecule has 0 aliphatic carbocycles. The minimum Gasteiger partial charge on any atom is -0.497 e. The molecule has 2 heterocycles. The number of likely N-dealkylation sites (tertiary alicyclic amines) is 1. The molecular formula is C24H27N3O4S2. The van der Waals surface area contributed by atoms with Crippen LogP contribution in [0.15, 0.2) is 70.9 Å². The molecule has 2 N–H and O–H groups in total. The minimum absolute atomic E-state index is 0.0281. The van der Waals surface area contributed by atoms with Crippen molar-refractivity contribution in [1.82, 2.24) is 10.2 Å². The molecule has 174 valence electrons. The number of ether oxygens (including phenoxy) is 1. The summed E-state index contributed by atoms with van der Waals surface area (Å²) in [4.78, 5) is 16.5. The highest BCUT2D eigenvalue weighted by molar-refractivity contribution is 7.92. The van der Waals surface area contributed by atoms with E-state index in [0.717, 1.165) is 25.9 Å². The number of benzene rings is 2. The summed E-state index contributed by atoms with van der Waals surface area (Å²) in [6, 6.07) is 16.9.